The summed E-state index contributed by atoms with van der Waals surface area (Å²) in [6, 6.07) is 5.99. The Morgan fingerprint density at radius 2 is 2.00 bits per heavy atom. The van der Waals surface area contributed by atoms with Crippen LogP contribution in [0.15, 0.2) is 18.2 Å². The molecule has 1 N–H and O–H groups in total. The molecule has 96 valence electrons. The van der Waals surface area contributed by atoms with E-state index in [2.05, 4.69) is 19.2 Å². The molecule has 0 aliphatic carbocycles. The third-order valence-electron chi connectivity index (χ3n) is 2.77. The quantitative estimate of drug-likeness (QED) is 0.845. The lowest BCUT2D eigenvalue weighted by molar-refractivity contribution is 0.101. The summed E-state index contributed by atoms with van der Waals surface area (Å²) in [6.45, 7) is 5.05. The minimum absolute atomic E-state index is 0.202. The number of methoxy groups -OCH3 is 1. The summed E-state index contributed by atoms with van der Waals surface area (Å²) in [5.41, 5.74) is 1.14. The number of rotatable bonds is 6. The first-order valence-corrected chi connectivity index (χ1v) is 6.55. The first-order chi connectivity index (χ1) is 8.08. The highest BCUT2D eigenvalue weighted by molar-refractivity contribution is 6.42. The van der Waals surface area contributed by atoms with Gasteiger partial charge in [0.05, 0.1) is 16.1 Å². The van der Waals surface area contributed by atoms with Crippen molar-refractivity contribution in [2.24, 2.45) is 0 Å². The van der Waals surface area contributed by atoms with Crippen LogP contribution in [0, 0.1) is 0 Å². The minimum Gasteiger partial charge on any atom is -0.382 e. The zero-order valence-electron chi connectivity index (χ0n) is 10.5. The maximum atomic E-state index is 6.04. The van der Waals surface area contributed by atoms with Crippen molar-refractivity contribution in [2.45, 2.75) is 32.4 Å². The van der Waals surface area contributed by atoms with Gasteiger partial charge < -0.3 is 10.1 Å². The summed E-state index contributed by atoms with van der Waals surface area (Å²) < 4.78 is 5.30. The molecule has 0 saturated heterocycles. The van der Waals surface area contributed by atoms with Gasteiger partial charge in [-0.1, -0.05) is 36.2 Å². The van der Waals surface area contributed by atoms with Crippen LogP contribution >= 0.6 is 23.2 Å². The Bertz CT molecular complexity index is 357. The van der Waals surface area contributed by atoms with Gasteiger partial charge in [-0.15, -0.1) is 0 Å². The molecule has 0 aromatic heterocycles. The molecule has 0 radical (unpaired) electrons. The van der Waals surface area contributed by atoms with Crippen LogP contribution in [0.2, 0.25) is 10.0 Å². The SMILES string of the molecule is CCNC(CC(C)OC)c1ccc(Cl)c(Cl)c1. The highest BCUT2D eigenvalue weighted by Crippen LogP contribution is 2.27. The van der Waals surface area contributed by atoms with Crippen molar-refractivity contribution in [3.05, 3.63) is 33.8 Å². The van der Waals surface area contributed by atoms with Crippen molar-refractivity contribution in [3.8, 4) is 0 Å². The first kappa shape index (κ1) is 14.8. The van der Waals surface area contributed by atoms with Gasteiger partial charge in [0, 0.05) is 13.2 Å². The molecule has 2 nitrogen and oxygen atoms in total. The molecule has 2 unspecified atom stereocenters. The maximum Gasteiger partial charge on any atom is 0.0595 e. The molecular weight excluding hydrogens is 257 g/mol. The van der Waals surface area contributed by atoms with Gasteiger partial charge in [-0.3, -0.25) is 0 Å². The van der Waals surface area contributed by atoms with E-state index in [0.29, 0.717) is 10.0 Å². The molecular formula is C13H19Cl2NO. The molecule has 0 aliphatic heterocycles. The topological polar surface area (TPSA) is 21.3 Å². The van der Waals surface area contributed by atoms with Crippen molar-refractivity contribution < 1.29 is 4.74 Å². The molecule has 0 bridgehead atoms. The van der Waals surface area contributed by atoms with Crippen LogP contribution in [0.1, 0.15) is 31.9 Å². The van der Waals surface area contributed by atoms with Crippen LogP contribution in [-0.2, 0) is 4.74 Å². The Balaban J connectivity index is 2.84. The zero-order chi connectivity index (χ0) is 12.8. The molecule has 1 rings (SSSR count). The Kier molecular flexibility index (Phi) is 6.28. The van der Waals surface area contributed by atoms with Crippen molar-refractivity contribution in [3.63, 3.8) is 0 Å². The van der Waals surface area contributed by atoms with Crippen LogP contribution < -0.4 is 5.32 Å². The fourth-order valence-electron chi connectivity index (χ4n) is 1.74. The molecule has 1 aromatic rings. The number of benzene rings is 1. The van der Waals surface area contributed by atoms with E-state index in [-0.39, 0.29) is 12.1 Å². The second-order valence-electron chi connectivity index (χ2n) is 4.07. The Morgan fingerprint density at radius 3 is 2.53 bits per heavy atom. The fourth-order valence-corrected chi connectivity index (χ4v) is 2.05. The number of hydrogen-bond acceptors (Lipinski definition) is 2. The summed E-state index contributed by atoms with van der Waals surface area (Å²) in [6.07, 6.45) is 1.11. The van der Waals surface area contributed by atoms with Crippen LogP contribution in [0.4, 0.5) is 0 Å². The van der Waals surface area contributed by atoms with Gasteiger partial charge in [0.1, 0.15) is 0 Å². The average molecular weight is 276 g/mol. The van der Waals surface area contributed by atoms with Gasteiger partial charge in [0.15, 0.2) is 0 Å². The Labute approximate surface area is 113 Å². The van der Waals surface area contributed by atoms with E-state index >= 15 is 0 Å². The smallest absolute Gasteiger partial charge is 0.0595 e. The van der Waals surface area contributed by atoms with Gasteiger partial charge in [0.25, 0.3) is 0 Å². The van der Waals surface area contributed by atoms with E-state index < -0.39 is 0 Å². The Hall–Kier alpha value is -0.280. The summed E-state index contributed by atoms with van der Waals surface area (Å²) in [7, 11) is 1.72. The van der Waals surface area contributed by atoms with Gasteiger partial charge in [0.2, 0.25) is 0 Å². The lowest BCUT2D eigenvalue weighted by atomic mass is 10.0. The van der Waals surface area contributed by atoms with Crippen LogP contribution in [-0.4, -0.2) is 19.8 Å². The molecule has 0 aliphatic rings. The van der Waals surface area contributed by atoms with E-state index in [1.807, 2.05) is 18.2 Å². The van der Waals surface area contributed by atoms with Gasteiger partial charge >= 0.3 is 0 Å². The largest absolute Gasteiger partial charge is 0.382 e. The van der Waals surface area contributed by atoms with Crippen molar-refractivity contribution >= 4 is 23.2 Å². The van der Waals surface area contributed by atoms with Gasteiger partial charge in [-0.05, 0) is 37.6 Å². The number of halogens is 2. The van der Waals surface area contributed by atoms with E-state index in [4.69, 9.17) is 27.9 Å². The van der Waals surface area contributed by atoms with Crippen molar-refractivity contribution in [2.75, 3.05) is 13.7 Å². The molecule has 0 saturated carbocycles. The zero-order valence-corrected chi connectivity index (χ0v) is 12.0. The van der Waals surface area contributed by atoms with Gasteiger partial charge in [-0.25, -0.2) is 0 Å². The molecule has 0 amide bonds. The molecule has 17 heavy (non-hydrogen) atoms. The monoisotopic (exact) mass is 275 g/mol. The first-order valence-electron chi connectivity index (χ1n) is 5.79. The predicted molar refractivity (Wildman–Crippen MR) is 74.0 cm³/mol. The Morgan fingerprint density at radius 1 is 1.29 bits per heavy atom. The number of hydrogen-bond donors (Lipinski definition) is 1. The van der Waals surface area contributed by atoms with Crippen LogP contribution in [0.5, 0.6) is 0 Å². The van der Waals surface area contributed by atoms with Crippen molar-refractivity contribution in [1.29, 1.82) is 0 Å². The van der Waals surface area contributed by atoms with Gasteiger partial charge in [-0.2, -0.15) is 0 Å². The normalized spacial score (nSPS) is 14.6. The van der Waals surface area contributed by atoms with Crippen LogP contribution in [0.3, 0.4) is 0 Å². The van der Waals surface area contributed by atoms with Crippen LogP contribution in [0.25, 0.3) is 0 Å². The minimum atomic E-state index is 0.202. The van der Waals surface area contributed by atoms with E-state index in [0.717, 1.165) is 18.5 Å². The maximum absolute atomic E-state index is 6.04. The van der Waals surface area contributed by atoms with E-state index in [1.54, 1.807) is 7.11 Å². The predicted octanol–water partition coefficient (Wildman–Crippen LogP) is 4.07. The lowest BCUT2D eigenvalue weighted by Crippen LogP contribution is -2.25. The molecule has 2 atom stereocenters. The third-order valence-corrected chi connectivity index (χ3v) is 3.51. The molecule has 1 aromatic carbocycles. The molecule has 0 spiro atoms. The second-order valence-corrected chi connectivity index (χ2v) is 4.88. The number of ether oxygens (including phenoxy) is 1. The standard InChI is InChI=1S/C13H19Cl2NO/c1-4-16-13(7-9(2)17-3)10-5-6-11(14)12(15)8-10/h5-6,8-9,13,16H,4,7H2,1-3H3. The number of nitrogens with one attached hydrogen (secondary N) is 1. The highest BCUT2D eigenvalue weighted by Gasteiger charge is 2.15. The summed E-state index contributed by atoms with van der Waals surface area (Å²) in [5.74, 6) is 0. The van der Waals surface area contributed by atoms with Crippen molar-refractivity contribution in [1.82, 2.24) is 5.32 Å². The molecule has 4 heteroatoms. The second kappa shape index (κ2) is 7.22. The molecule has 0 heterocycles. The highest BCUT2D eigenvalue weighted by atomic mass is 35.5. The fraction of sp³-hybridized carbons (Fsp3) is 0.538. The summed E-state index contributed by atoms with van der Waals surface area (Å²) in [4.78, 5) is 0. The molecule has 0 fully saturated rings. The van der Waals surface area contributed by atoms with E-state index in [1.165, 1.54) is 0 Å². The average Bonchev–Trinajstić information content (AvgIpc) is 2.32. The third kappa shape index (κ3) is 4.47. The summed E-state index contributed by atoms with van der Waals surface area (Å²) in [5, 5.41) is 4.61. The summed E-state index contributed by atoms with van der Waals surface area (Å²) >= 11 is 12.0. The lowest BCUT2D eigenvalue weighted by Gasteiger charge is -2.22. The van der Waals surface area contributed by atoms with E-state index in [9.17, 15) is 0 Å².